The smallest absolute Gasteiger partial charge is 0.188 e. The van der Waals surface area contributed by atoms with E-state index in [9.17, 15) is 4.79 Å². The average molecular weight is 291 g/mol. The van der Waals surface area contributed by atoms with E-state index in [1.807, 2.05) is 25.3 Å². The SMILES string of the molecule is Cc1[nH]cnc1C=CC(=O)c1cn2c3c(cccc13)CCC2. The summed E-state index contributed by atoms with van der Waals surface area (Å²) in [5.41, 5.74) is 5.12. The van der Waals surface area contributed by atoms with Gasteiger partial charge in [-0.2, -0.15) is 0 Å². The number of allylic oxidation sites excluding steroid dienone is 1. The fourth-order valence-corrected chi connectivity index (χ4v) is 3.23. The number of benzene rings is 1. The predicted molar refractivity (Wildman–Crippen MR) is 86.9 cm³/mol. The van der Waals surface area contributed by atoms with Crippen LogP contribution < -0.4 is 0 Å². The zero-order chi connectivity index (χ0) is 15.1. The molecule has 0 atom stereocenters. The number of hydrogen-bond donors (Lipinski definition) is 1. The fraction of sp³-hybridized carbons (Fsp3) is 0.222. The molecule has 3 heterocycles. The van der Waals surface area contributed by atoms with Gasteiger partial charge in [-0.3, -0.25) is 4.79 Å². The van der Waals surface area contributed by atoms with Gasteiger partial charge in [0.15, 0.2) is 5.78 Å². The highest BCUT2D eigenvalue weighted by Gasteiger charge is 2.18. The minimum atomic E-state index is 0.0326. The highest BCUT2D eigenvalue weighted by atomic mass is 16.1. The van der Waals surface area contributed by atoms with Crippen molar-refractivity contribution in [2.75, 3.05) is 0 Å². The zero-order valence-corrected chi connectivity index (χ0v) is 12.5. The van der Waals surface area contributed by atoms with Crippen LogP contribution in [0.25, 0.3) is 17.0 Å². The van der Waals surface area contributed by atoms with Crippen molar-refractivity contribution in [3.05, 3.63) is 59.3 Å². The molecule has 0 aliphatic carbocycles. The van der Waals surface area contributed by atoms with Crippen molar-refractivity contribution in [2.24, 2.45) is 0 Å². The molecule has 0 saturated carbocycles. The van der Waals surface area contributed by atoms with Crippen molar-refractivity contribution < 1.29 is 4.79 Å². The molecule has 1 aliphatic heterocycles. The Balaban J connectivity index is 1.76. The van der Waals surface area contributed by atoms with Gasteiger partial charge in [0, 0.05) is 29.4 Å². The first-order chi connectivity index (χ1) is 10.7. The summed E-state index contributed by atoms with van der Waals surface area (Å²) >= 11 is 0. The van der Waals surface area contributed by atoms with Crippen LogP contribution in [-0.4, -0.2) is 20.3 Å². The number of ketones is 1. The van der Waals surface area contributed by atoms with E-state index in [2.05, 4.69) is 20.6 Å². The van der Waals surface area contributed by atoms with Gasteiger partial charge in [-0.1, -0.05) is 18.2 Å². The van der Waals surface area contributed by atoms with E-state index in [0.717, 1.165) is 41.7 Å². The van der Waals surface area contributed by atoms with Crippen LogP contribution in [0.15, 0.2) is 36.8 Å². The Kier molecular flexibility index (Phi) is 2.96. The van der Waals surface area contributed by atoms with Gasteiger partial charge < -0.3 is 9.55 Å². The van der Waals surface area contributed by atoms with Gasteiger partial charge in [-0.05, 0) is 37.5 Å². The molecular weight excluding hydrogens is 274 g/mol. The number of para-hydroxylation sites is 1. The number of nitrogens with zero attached hydrogens (tertiary/aromatic N) is 2. The lowest BCUT2D eigenvalue weighted by atomic mass is 10.0. The Bertz CT molecular complexity index is 898. The zero-order valence-electron chi connectivity index (χ0n) is 12.5. The van der Waals surface area contributed by atoms with E-state index < -0.39 is 0 Å². The fourth-order valence-electron chi connectivity index (χ4n) is 3.23. The largest absolute Gasteiger partial charge is 0.348 e. The molecule has 2 aromatic heterocycles. The lowest BCUT2D eigenvalue weighted by Crippen LogP contribution is -2.05. The number of H-pyrrole nitrogens is 1. The van der Waals surface area contributed by atoms with E-state index in [4.69, 9.17) is 0 Å². The van der Waals surface area contributed by atoms with Gasteiger partial charge in [-0.25, -0.2) is 4.98 Å². The summed E-state index contributed by atoms with van der Waals surface area (Å²) in [5.74, 6) is 0.0326. The van der Waals surface area contributed by atoms with E-state index in [1.54, 1.807) is 18.5 Å². The maximum Gasteiger partial charge on any atom is 0.188 e. The van der Waals surface area contributed by atoms with E-state index >= 15 is 0 Å². The van der Waals surface area contributed by atoms with Crippen molar-refractivity contribution in [1.82, 2.24) is 14.5 Å². The molecule has 3 aromatic rings. The highest BCUT2D eigenvalue weighted by molar-refractivity contribution is 6.15. The lowest BCUT2D eigenvalue weighted by Gasteiger charge is -2.14. The van der Waals surface area contributed by atoms with Crippen molar-refractivity contribution in [2.45, 2.75) is 26.3 Å². The average Bonchev–Trinajstić information content (AvgIpc) is 3.11. The molecule has 4 heteroatoms. The van der Waals surface area contributed by atoms with Crippen LogP contribution in [0.2, 0.25) is 0 Å². The molecule has 4 nitrogen and oxygen atoms in total. The number of nitrogens with one attached hydrogen (secondary N) is 1. The van der Waals surface area contributed by atoms with Crippen LogP contribution in [-0.2, 0) is 13.0 Å². The van der Waals surface area contributed by atoms with Gasteiger partial charge in [-0.15, -0.1) is 0 Å². The molecule has 0 spiro atoms. The lowest BCUT2D eigenvalue weighted by molar-refractivity contribution is 0.104. The molecule has 0 amide bonds. The number of aryl methyl sites for hydroxylation is 3. The summed E-state index contributed by atoms with van der Waals surface area (Å²) in [5, 5.41) is 1.06. The van der Waals surface area contributed by atoms with Crippen molar-refractivity contribution in [3.8, 4) is 0 Å². The van der Waals surface area contributed by atoms with Crippen molar-refractivity contribution in [3.63, 3.8) is 0 Å². The Morgan fingerprint density at radius 2 is 2.32 bits per heavy atom. The number of hydrogen-bond acceptors (Lipinski definition) is 2. The Hall–Kier alpha value is -2.62. The third kappa shape index (κ3) is 1.99. The normalized spacial score (nSPS) is 14.0. The first kappa shape index (κ1) is 13.1. The maximum atomic E-state index is 12.6. The molecule has 110 valence electrons. The number of rotatable bonds is 3. The van der Waals surface area contributed by atoms with Crippen LogP contribution in [0.4, 0.5) is 0 Å². The Labute approximate surface area is 128 Å². The second kappa shape index (κ2) is 4.98. The Morgan fingerprint density at radius 3 is 3.14 bits per heavy atom. The molecule has 22 heavy (non-hydrogen) atoms. The summed E-state index contributed by atoms with van der Waals surface area (Å²) in [6.45, 7) is 2.93. The molecule has 4 rings (SSSR count). The second-order valence-corrected chi connectivity index (χ2v) is 5.76. The summed E-state index contributed by atoms with van der Waals surface area (Å²) in [7, 11) is 0. The van der Waals surface area contributed by atoms with Crippen molar-refractivity contribution >= 4 is 22.8 Å². The van der Waals surface area contributed by atoms with Crippen molar-refractivity contribution in [1.29, 1.82) is 0 Å². The number of aromatic nitrogens is 3. The topological polar surface area (TPSA) is 50.7 Å². The minimum Gasteiger partial charge on any atom is -0.348 e. The molecule has 0 saturated heterocycles. The van der Waals surface area contributed by atoms with Gasteiger partial charge in [0.05, 0.1) is 17.5 Å². The first-order valence-corrected chi connectivity index (χ1v) is 7.57. The van der Waals surface area contributed by atoms with Crippen LogP contribution in [0.3, 0.4) is 0 Å². The first-order valence-electron chi connectivity index (χ1n) is 7.57. The molecule has 1 N–H and O–H groups in total. The molecule has 0 unspecified atom stereocenters. The quantitative estimate of drug-likeness (QED) is 0.593. The minimum absolute atomic E-state index is 0.0326. The number of imidazole rings is 1. The van der Waals surface area contributed by atoms with Crippen LogP contribution in [0, 0.1) is 6.92 Å². The van der Waals surface area contributed by atoms with Gasteiger partial charge in [0.2, 0.25) is 0 Å². The van der Waals surface area contributed by atoms with E-state index in [1.165, 1.54) is 11.1 Å². The molecule has 1 aliphatic rings. The number of aromatic amines is 1. The highest BCUT2D eigenvalue weighted by Crippen LogP contribution is 2.29. The van der Waals surface area contributed by atoms with Crippen LogP contribution in [0.5, 0.6) is 0 Å². The Morgan fingerprint density at radius 1 is 1.41 bits per heavy atom. The van der Waals surface area contributed by atoms with E-state index in [0.29, 0.717) is 0 Å². The van der Waals surface area contributed by atoms with Gasteiger partial charge >= 0.3 is 0 Å². The summed E-state index contributed by atoms with van der Waals surface area (Å²) < 4.78 is 2.22. The molecule has 1 aromatic carbocycles. The number of carbonyl (C=O) groups excluding carboxylic acids is 1. The van der Waals surface area contributed by atoms with Gasteiger partial charge in [0.25, 0.3) is 0 Å². The molecular formula is C18H17N3O. The summed E-state index contributed by atoms with van der Waals surface area (Å²) in [4.78, 5) is 19.8. The predicted octanol–water partition coefficient (Wildman–Crippen LogP) is 3.52. The molecule has 0 radical (unpaired) electrons. The van der Waals surface area contributed by atoms with Gasteiger partial charge in [0.1, 0.15) is 0 Å². The molecule has 0 fully saturated rings. The maximum absolute atomic E-state index is 12.6. The number of carbonyl (C=O) groups is 1. The van der Waals surface area contributed by atoms with E-state index in [-0.39, 0.29) is 5.78 Å². The molecule has 0 bridgehead atoms. The van der Waals surface area contributed by atoms with Crippen LogP contribution >= 0.6 is 0 Å². The monoisotopic (exact) mass is 291 g/mol. The summed E-state index contributed by atoms with van der Waals surface area (Å²) in [6.07, 6.45) is 9.26. The standard InChI is InChI=1S/C18H17N3O/c1-12-16(20-11-19-12)7-8-17(22)15-10-21-9-3-5-13-4-2-6-14(15)18(13)21/h2,4,6-8,10-11H,3,5,9H2,1H3,(H,19,20). The third-order valence-corrected chi connectivity index (χ3v) is 4.35. The second-order valence-electron chi connectivity index (χ2n) is 5.76. The summed E-state index contributed by atoms with van der Waals surface area (Å²) in [6, 6.07) is 6.25. The third-order valence-electron chi connectivity index (χ3n) is 4.35. The van der Waals surface area contributed by atoms with Crippen LogP contribution in [0.1, 0.15) is 33.7 Å².